The van der Waals surface area contributed by atoms with E-state index in [1.165, 1.54) is 5.56 Å². The summed E-state index contributed by atoms with van der Waals surface area (Å²) in [5.74, 6) is 1.21. The van der Waals surface area contributed by atoms with Gasteiger partial charge in [-0.15, -0.1) is 0 Å². The lowest BCUT2D eigenvalue weighted by molar-refractivity contribution is -0.140. The van der Waals surface area contributed by atoms with E-state index >= 15 is 0 Å². The monoisotopic (exact) mass is 521 g/mol. The number of ketones is 1. The van der Waals surface area contributed by atoms with Crippen LogP contribution >= 0.6 is 0 Å². The lowest BCUT2D eigenvalue weighted by Crippen LogP contribution is -2.78. The molecule has 3 heterocycles. The van der Waals surface area contributed by atoms with E-state index < -0.39 is 5.54 Å². The summed E-state index contributed by atoms with van der Waals surface area (Å²) in [5, 5.41) is 7.05. The van der Waals surface area contributed by atoms with Crippen LogP contribution in [0.4, 0.5) is 0 Å². The van der Waals surface area contributed by atoms with Crippen molar-refractivity contribution in [1.29, 1.82) is 0 Å². The third-order valence-corrected chi connectivity index (χ3v) is 9.20. The van der Waals surface area contributed by atoms with Crippen molar-refractivity contribution in [3.8, 4) is 0 Å². The fourth-order valence-corrected chi connectivity index (χ4v) is 7.77. The van der Waals surface area contributed by atoms with Crippen molar-refractivity contribution in [3.63, 3.8) is 0 Å². The van der Waals surface area contributed by atoms with Gasteiger partial charge < -0.3 is 5.32 Å². The molecule has 0 spiro atoms. The first-order chi connectivity index (χ1) is 19.0. The SMILES string of the molecule is CC(C)CN1CC2CC3(C(=O)NCc4ccccc4)NC(C(=O)c4ccccc4)C2C1C3Cc1ccccc1. The van der Waals surface area contributed by atoms with Crippen LogP contribution in [0.5, 0.6) is 0 Å². The van der Waals surface area contributed by atoms with Gasteiger partial charge in [-0.25, -0.2) is 0 Å². The summed E-state index contributed by atoms with van der Waals surface area (Å²) in [6, 6.07) is 30.0. The molecule has 5 heteroatoms. The van der Waals surface area contributed by atoms with Crippen LogP contribution in [0.2, 0.25) is 0 Å². The topological polar surface area (TPSA) is 61.4 Å². The van der Waals surface area contributed by atoms with Crippen LogP contribution in [-0.2, 0) is 17.8 Å². The Morgan fingerprint density at radius 2 is 1.54 bits per heavy atom. The van der Waals surface area contributed by atoms with Crippen molar-refractivity contribution in [2.75, 3.05) is 13.1 Å². The van der Waals surface area contributed by atoms with E-state index in [9.17, 15) is 9.59 Å². The number of hydrogen-bond donors (Lipinski definition) is 2. The molecule has 7 rings (SSSR count). The predicted molar refractivity (Wildman–Crippen MR) is 154 cm³/mol. The molecule has 5 nitrogen and oxygen atoms in total. The van der Waals surface area contributed by atoms with E-state index in [2.05, 4.69) is 53.6 Å². The summed E-state index contributed by atoms with van der Waals surface area (Å²) < 4.78 is 0. The molecular formula is C34H39N3O2. The van der Waals surface area contributed by atoms with Crippen molar-refractivity contribution in [2.24, 2.45) is 23.7 Å². The van der Waals surface area contributed by atoms with Crippen LogP contribution in [0, 0.1) is 23.7 Å². The highest BCUT2D eigenvalue weighted by atomic mass is 16.2. The Labute approximate surface area is 232 Å². The van der Waals surface area contributed by atoms with Gasteiger partial charge in [0.2, 0.25) is 5.91 Å². The Kier molecular flexibility index (Phi) is 7.13. The molecule has 6 unspecified atom stereocenters. The number of nitrogens with zero attached hydrogens (tertiary/aromatic N) is 1. The number of likely N-dealkylation sites (tertiary alicyclic amines) is 1. The van der Waals surface area contributed by atoms with E-state index in [1.807, 2.05) is 66.7 Å². The minimum atomic E-state index is -0.810. The molecule has 0 aromatic heterocycles. The van der Waals surface area contributed by atoms with Gasteiger partial charge in [-0.1, -0.05) is 105 Å². The highest BCUT2D eigenvalue weighted by Crippen LogP contribution is 2.55. The fourth-order valence-electron chi connectivity index (χ4n) is 7.77. The van der Waals surface area contributed by atoms with Gasteiger partial charge in [0.25, 0.3) is 0 Å². The summed E-state index contributed by atoms with van der Waals surface area (Å²) in [7, 11) is 0. The largest absolute Gasteiger partial charge is 0.350 e. The Morgan fingerprint density at radius 1 is 0.923 bits per heavy atom. The molecule has 1 amide bonds. The van der Waals surface area contributed by atoms with Crippen molar-refractivity contribution in [3.05, 3.63) is 108 Å². The highest BCUT2D eigenvalue weighted by molar-refractivity contribution is 6.02. The number of Topliss-reactive ketones (excluding diaryl/α,β-unsaturated/α-hetero) is 1. The second-order valence-corrected chi connectivity index (χ2v) is 12.2. The van der Waals surface area contributed by atoms with Crippen LogP contribution < -0.4 is 10.6 Å². The fraction of sp³-hybridized carbons (Fsp3) is 0.412. The molecule has 1 aliphatic carbocycles. The normalized spacial score (nSPS) is 29.5. The van der Waals surface area contributed by atoms with Gasteiger partial charge >= 0.3 is 0 Å². The Balaban J connectivity index is 1.40. The standard InChI is InChI=1S/C34H39N3O2/c1-23(2)21-37-22-27-19-34(33(39)35-20-25-14-8-4-9-15-25)28(18-24-12-6-3-7-13-24)31(37)29(27)30(36-34)32(38)26-16-10-5-11-17-26/h3-17,23,27-31,36H,18-22H2,1-2H3,(H,35,39). The number of fused-ring (bicyclic) bond motifs is 1. The minimum Gasteiger partial charge on any atom is -0.350 e. The molecule has 202 valence electrons. The van der Waals surface area contributed by atoms with Crippen LogP contribution in [0.15, 0.2) is 91.0 Å². The quantitative estimate of drug-likeness (QED) is 0.400. The van der Waals surface area contributed by atoms with Crippen LogP contribution in [0.1, 0.15) is 41.8 Å². The van der Waals surface area contributed by atoms with Crippen molar-refractivity contribution < 1.29 is 9.59 Å². The summed E-state index contributed by atoms with van der Waals surface area (Å²) in [5.41, 5.74) is 2.23. The van der Waals surface area contributed by atoms with Crippen LogP contribution in [0.3, 0.4) is 0 Å². The van der Waals surface area contributed by atoms with Crippen LogP contribution in [0.25, 0.3) is 0 Å². The molecule has 4 aliphatic rings. The Hall–Kier alpha value is -3.28. The smallest absolute Gasteiger partial charge is 0.240 e. The molecule has 0 radical (unpaired) electrons. The maximum absolute atomic E-state index is 14.4. The molecule has 2 N–H and O–H groups in total. The van der Waals surface area contributed by atoms with E-state index in [0.29, 0.717) is 18.4 Å². The number of hydrogen-bond acceptors (Lipinski definition) is 4. The minimum absolute atomic E-state index is 0.0256. The average molecular weight is 522 g/mol. The molecule has 4 bridgehead atoms. The summed E-state index contributed by atoms with van der Waals surface area (Å²) >= 11 is 0. The molecular weight excluding hydrogens is 482 g/mol. The lowest BCUT2D eigenvalue weighted by atomic mass is 9.55. The van der Waals surface area contributed by atoms with Crippen LogP contribution in [-0.4, -0.2) is 47.3 Å². The van der Waals surface area contributed by atoms with Crippen molar-refractivity contribution in [2.45, 2.75) is 50.9 Å². The van der Waals surface area contributed by atoms with Gasteiger partial charge in [-0.05, 0) is 35.8 Å². The second-order valence-electron chi connectivity index (χ2n) is 12.2. The number of carbonyl (C=O) groups excluding carboxylic acids is 2. The molecule has 6 atom stereocenters. The Bertz CT molecular complexity index is 1300. The average Bonchev–Trinajstić information content (AvgIpc) is 3.26. The highest BCUT2D eigenvalue weighted by Gasteiger charge is 2.68. The number of benzene rings is 3. The van der Waals surface area contributed by atoms with Crippen molar-refractivity contribution in [1.82, 2.24) is 15.5 Å². The third kappa shape index (κ3) is 4.83. The second kappa shape index (κ2) is 10.7. The first kappa shape index (κ1) is 26.0. The molecule has 1 saturated carbocycles. The summed E-state index contributed by atoms with van der Waals surface area (Å²) in [6.45, 7) is 6.94. The number of rotatable bonds is 9. The molecule has 3 saturated heterocycles. The summed E-state index contributed by atoms with van der Waals surface area (Å²) in [6.07, 6.45) is 1.57. The van der Waals surface area contributed by atoms with Gasteiger partial charge in [-0.3, -0.25) is 19.8 Å². The van der Waals surface area contributed by atoms with E-state index in [1.54, 1.807) is 0 Å². The molecule has 3 aromatic carbocycles. The zero-order chi connectivity index (χ0) is 27.0. The van der Waals surface area contributed by atoms with Gasteiger partial charge in [-0.2, -0.15) is 0 Å². The van der Waals surface area contributed by atoms with Gasteiger partial charge in [0, 0.05) is 43.1 Å². The number of nitrogens with one attached hydrogen (secondary N) is 2. The zero-order valence-electron chi connectivity index (χ0n) is 22.9. The lowest BCUT2D eigenvalue weighted by Gasteiger charge is -2.59. The number of piperidine rings is 2. The zero-order valence-corrected chi connectivity index (χ0v) is 22.9. The maximum atomic E-state index is 14.4. The van der Waals surface area contributed by atoms with Gasteiger partial charge in [0.05, 0.1) is 6.04 Å². The predicted octanol–water partition coefficient (Wildman–Crippen LogP) is 4.73. The van der Waals surface area contributed by atoms with E-state index in [-0.39, 0.29) is 35.6 Å². The van der Waals surface area contributed by atoms with Gasteiger partial charge in [0.15, 0.2) is 5.78 Å². The molecule has 39 heavy (non-hydrogen) atoms. The van der Waals surface area contributed by atoms with E-state index in [0.717, 1.165) is 37.1 Å². The molecule has 3 aromatic rings. The molecule has 4 fully saturated rings. The van der Waals surface area contributed by atoms with E-state index in [4.69, 9.17) is 0 Å². The first-order valence-electron chi connectivity index (χ1n) is 14.4. The summed E-state index contributed by atoms with van der Waals surface area (Å²) in [4.78, 5) is 31.0. The van der Waals surface area contributed by atoms with Crippen molar-refractivity contribution >= 4 is 11.7 Å². The first-order valence-corrected chi connectivity index (χ1v) is 14.4. The number of amides is 1. The number of carbonyl (C=O) groups is 2. The molecule has 3 aliphatic heterocycles. The van der Waals surface area contributed by atoms with Gasteiger partial charge in [0.1, 0.15) is 5.54 Å². The Morgan fingerprint density at radius 3 is 2.18 bits per heavy atom. The third-order valence-electron chi connectivity index (χ3n) is 9.20. The maximum Gasteiger partial charge on any atom is 0.240 e.